The van der Waals surface area contributed by atoms with Crippen LogP contribution in [0.2, 0.25) is 0 Å². The second kappa shape index (κ2) is 5.20. The molecule has 0 N–H and O–H groups in total. The van der Waals surface area contributed by atoms with Crippen LogP contribution in [0.4, 0.5) is 0 Å². The summed E-state index contributed by atoms with van der Waals surface area (Å²) < 4.78 is 0. The second-order valence-corrected chi connectivity index (χ2v) is 7.79. The molecule has 0 spiro atoms. The summed E-state index contributed by atoms with van der Waals surface area (Å²) in [6, 6.07) is 24.5. The van der Waals surface area contributed by atoms with E-state index in [-0.39, 0.29) is 5.41 Å². The number of rotatable bonds is 1. The predicted molar refractivity (Wildman–Crippen MR) is 108 cm³/mol. The van der Waals surface area contributed by atoms with Crippen molar-refractivity contribution in [2.75, 3.05) is 0 Å². The van der Waals surface area contributed by atoms with Crippen LogP contribution in [-0.4, -0.2) is 0 Å². The zero-order valence-corrected chi connectivity index (χ0v) is 14.8. The predicted octanol–water partition coefficient (Wildman–Crippen LogP) is 6.76. The smallest absolute Gasteiger partial charge is 0.0155 e. The van der Waals surface area contributed by atoms with Gasteiger partial charge >= 0.3 is 0 Å². The lowest BCUT2D eigenvalue weighted by Gasteiger charge is -2.26. The molecular weight excluding hydrogens is 300 g/mol. The first-order chi connectivity index (χ1) is 12.1. The van der Waals surface area contributed by atoms with E-state index in [9.17, 15) is 0 Å². The average Bonchev–Trinajstić information content (AvgIpc) is 2.89. The molecule has 0 radical (unpaired) electrons. The molecule has 0 saturated heterocycles. The SMILES string of the molecule is CC1(C)C2=C(CCC(c3ccc4ccccc4c3)=C2)c2ccccc21. The maximum absolute atomic E-state index is 2.48. The van der Waals surface area contributed by atoms with Crippen molar-refractivity contribution in [3.05, 3.63) is 95.1 Å². The van der Waals surface area contributed by atoms with E-state index >= 15 is 0 Å². The summed E-state index contributed by atoms with van der Waals surface area (Å²) in [5, 5.41) is 2.64. The van der Waals surface area contributed by atoms with Crippen molar-refractivity contribution in [3.63, 3.8) is 0 Å². The summed E-state index contributed by atoms with van der Waals surface area (Å²) in [4.78, 5) is 0. The summed E-state index contributed by atoms with van der Waals surface area (Å²) in [6.07, 6.45) is 4.75. The van der Waals surface area contributed by atoms with Crippen molar-refractivity contribution >= 4 is 21.9 Å². The van der Waals surface area contributed by atoms with Crippen LogP contribution in [0.25, 0.3) is 21.9 Å². The standard InChI is InChI=1S/C25H22/c1-25(2)23-10-6-5-9-21(23)22-14-13-20(16-24(22)25)19-12-11-17-7-3-4-8-18(17)15-19/h3-12,15-16H,13-14H2,1-2H3. The Morgan fingerprint density at radius 2 is 1.52 bits per heavy atom. The molecule has 0 heterocycles. The Kier molecular flexibility index (Phi) is 3.06. The van der Waals surface area contributed by atoms with Crippen LogP contribution < -0.4 is 0 Å². The molecule has 25 heavy (non-hydrogen) atoms. The average molecular weight is 322 g/mol. The van der Waals surface area contributed by atoms with E-state index in [2.05, 4.69) is 86.7 Å². The number of hydrogen-bond acceptors (Lipinski definition) is 0. The van der Waals surface area contributed by atoms with Crippen molar-refractivity contribution in [1.82, 2.24) is 0 Å². The van der Waals surface area contributed by atoms with Crippen molar-refractivity contribution in [2.45, 2.75) is 32.1 Å². The first-order valence-electron chi connectivity index (χ1n) is 9.18. The van der Waals surface area contributed by atoms with Gasteiger partial charge in [0, 0.05) is 5.41 Å². The zero-order chi connectivity index (χ0) is 17.0. The van der Waals surface area contributed by atoms with Crippen LogP contribution in [0, 0.1) is 0 Å². The maximum atomic E-state index is 2.48. The molecule has 2 aliphatic rings. The Hall–Kier alpha value is -2.60. The molecular formula is C25H22. The monoisotopic (exact) mass is 322 g/mol. The minimum atomic E-state index is 0.106. The number of allylic oxidation sites excluding steroid dienone is 4. The van der Waals surface area contributed by atoms with E-state index < -0.39 is 0 Å². The van der Waals surface area contributed by atoms with E-state index in [0.29, 0.717) is 0 Å². The summed E-state index contributed by atoms with van der Waals surface area (Å²) in [5.74, 6) is 0. The number of benzene rings is 3. The van der Waals surface area contributed by atoms with E-state index in [1.54, 1.807) is 5.57 Å². The third-order valence-electron chi connectivity index (χ3n) is 6.01. The second-order valence-electron chi connectivity index (χ2n) is 7.79. The summed E-state index contributed by atoms with van der Waals surface area (Å²) in [7, 11) is 0. The normalized spacial score (nSPS) is 18.1. The Morgan fingerprint density at radius 3 is 2.40 bits per heavy atom. The Labute approximate surface area is 149 Å². The highest BCUT2D eigenvalue weighted by Crippen LogP contribution is 2.51. The lowest BCUT2D eigenvalue weighted by atomic mass is 9.78. The van der Waals surface area contributed by atoms with Crippen LogP contribution in [0.3, 0.4) is 0 Å². The molecule has 0 unspecified atom stereocenters. The van der Waals surface area contributed by atoms with Gasteiger partial charge in [-0.15, -0.1) is 0 Å². The molecule has 0 heteroatoms. The molecule has 3 aromatic carbocycles. The molecule has 5 rings (SSSR count). The van der Waals surface area contributed by atoms with E-state index in [1.165, 1.54) is 38.6 Å². The highest BCUT2D eigenvalue weighted by Gasteiger charge is 2.37. The van der Waals surface area contributed by atoms with Gasteiger partial charge in [0.25, 0.3) is 0 Å². The maximum Gasteiger partial charge on any atom is 0.0155 e. The topological polar surface area (TPSA) is 0 Å². The molecule has 0 atom stereocenters. The fourth-order valence-corrected chi connectivity index (χ4v) is 4.62. The molecule has 0 saturated carbocycles. The lowest BCUT2D eigenvalue weighted by molar-refractivity contribution is 0.652. The van der Waals surface area contributed by atoms with Crippen molar-refractivity contribution < 1.29 is 0 Å². The van der Waals surface area contributed by atoms with Gasteiger partial charge in [-0.1, -0.05) is 80.6 Å². The van der Waals surface area contributed by atoms with Crippen molar-refractivity contribution in [2.24, 2.45) is 0 Å². The lowest BCUT2D eigenvalue weighted by Crippen LogP contribution is -2.17. The Bertz CT molecular complexity index is 1060. The Morgan fingerprint density at radius 1 is 0.760 bits per heavy atom. The highest BCUT2D eigenvalue weighted by molar-refractivity contribution is 5.91. The summed E-state index contributed by atoms with van der Waals surface area (Å²) in [6.45, 7) is 4.74. The number of fused-ring (bicyclic) bond motifs is 3. The van der Waals surface area contributed by atoms with Gasteiger partial charge in [0.15, 0.2) is 0 Å². The molecule has 0 aliphatic heterocycles. The third kappa shape index (κ3) is 2.14. The van der Waals surface area contributed by atoms with Gasteiger partial charge in [0.2, 0.25) is 0 Å². The van der Waals surface area contributed by atoms with Crippen LogP contribution >= 0.6 is 0 Å². The van der Waals surface area contributed by atoms with Crippen LogP contribution in [0.5, 0.6) is 0 Å². The van der Waals surface area contributed by atoms with Gasteiger partial charge in [0.05, 0.1) is 0 Å². The molecule has 0 amide bonds. The van der Waals surface area contributed by atoms with Crippen LogP contribution in [0.15, 0.2) is 78.4 Å². The zero-order valence-electron chi connectivity index (χ0n) is 14.8. The minimum Gasteiger partial charge on any atom is -0.0619 e. The van der Waals surface area contributed by atoms with E-state index in [0.717, 1.165) is 12.8 Å². The number of hydrogen-bond donors (Lipinski definition) is 0. The van der Waals surface area contributed by atoms with Gasteiger partial charge in [0.1, 0.15) is 0 Å². The molecule has 0 nitrogen and oxygen atoms in total. The van der Waals surface area contributed by atoms with Gasteiger partial charge in [-0.3, -0.25) is 0 Å². The van der Waals surface area contributed by atoms with Gasteiger partial charge in [-0.05, 0) is 63.1 Å². The molecule has 0 bridgehead atoms. The molecule has 122 valence electrons. The fourth-order valence-electron chi connectivity index (χ4n) is 4.62. The van der Waals surface area contributed by atoms with Gasteiger partial charge in [-0.25, -0.2) is 0 Å². The molecule has 3 aromatic rings. The highest BCUT2D eigenvalue weighted by atomic mass is 14.4. The van der Waals surface area contributed by atoms with E-state index in [4.69, 9.17) is 0 Å². The Balaban J connectivity index is 1.64. The summed E-state index contributed by atoms with van der Waals surface area (Å²) in [5.41, 5.74) is 8.98. The van der Waals surface area contributed by atoms with Gasteiger partial charge in [-0.2, -0.15) is 0 Å². The first kappa shape index (κ1) is 14.7. The van der Waals surface area contributed by atoms with E-state index in [1.807, 2.05) is 0 Å². The summed E-state index contributed by atoms with van der Waals surface area (Å²) >= 11 is 0. The molecule has 2 aliphatic carbocycles. The largest absolute Gasteiger partial charge is 0.0619 e. The first-order valence-corrected chi connectivity index (χ1v) is 9.18. The van der Waals surface area contributed by atoms with Gasteiger partial charge < -0.3 is 0 Å². The molecule has 0 fully saturated rings. The van der Waals surface area contributed by atoms with Crippen molar-refractivity contribution in [1.29, 1.82) is 0 Å². The third-order valence-corrected chi connectivity index (χ3v) is 6.01. The quantitative estimate of drug-likeness (QED) is 0.464. The minimum absolute atomic E-state index is 0.106. The van der Waals surface area contributed by atoms with Crippen LogP contribution in [-0.2, 0) is 5.41 Å². The molecule has 0 aromatic heterocycles. The van der Waals surface area contributed by atoms with Crippen LogP contribution in [0.1, 0.15) is 43.4 Å². The van der Waals surface area contributed by atoms with Crippen molar-refractivity contribution in [3.8, 4) is 0 Å². The fraction of sp³-hybridized carbons (Fsp3) is 0.200.